The van der Waals surface area contributed by atoms with Gasteiger partial charge in [-0.05, 0) is 59.4 Å². The second-order valence-electron chi connectivity index (χ2n) is 10.1. The molecular formula is C32H34O7. The second kappa shape index (κ2) is 12.7. The summed E-state index contributed by atoms with van der Waals surface area (Å²) in [6.45, 7) is -0.326. The Morgan fingerprint density at radius 3 is 2.36 bits per heavy atom. The number of hydrogen-bond donors (Lipinski definition) is 5. The molecule has 7 heteroatoms. The number of hydrogen-bond acceptors (Lipinski definition) is 7. The Kier molecular flexibility index (Phi) is 9.13. The molecule has 1 aliphatic rings. The molecule has 0 spiro atoms. The molecule has 204 valence electrons. The lowest BCUT2D eigenvalue weighted by molar-refractivity contribution is -0.122. The summed E-state index contributed by atoms with van der Waals surface area (Å²) in [5, 5.41) is 51.0. The molecule has 4 rings (SSSR count). The first-order chi connectivity index (χ1) is 18.8. The summed E-state index contributed by atoms with van der Waals surface area (Å²) in [5.41, 5.74) is 2.96. The van der Waals surface area contributed by atoms with Gasteiger partial charge >= 0.3 is 0 Å². The summed E-state index contributed by atoms with van der Waals surface area (Å²) in [7, 11) is 1.45. The minimum atomic E-state index is -0.944. The van der Waals surface area contributed by atoms with Crippen molar-refractivity contribution in [2.24, 2.45) is 11.8 Å². The zero-order chi connectivity index (χ0) is 27.9. The average molecular weight is 531 g/mol. The molecule has 3 aromatic carbocycles. The molecule has 0 saturated heterocycles. The molecule has 0 heterocycles. The second-order valence-corrected chi connectivity index (χ2v) is 10.1. The summed E-state index contributed by atoms with van der Waals surface area (Å²) in [6.07, 6.45) is 0.374. The van der Waals surface area contributed by atoms with E-state index < -0.39 is 12.0 Å². The molecule has 5 N–H and O–H groups in total. The molecule has 0 saturated carbocycles. The first kappa shape index (κ1) is 28.0. The SMILES string of the molecule is COc1cc([C@@H]2CC(=O)C[C@H](O)[C@H](Cc3ccc(O)c(O)c3)CC#C[C@@H]2Cc2ccccc2)c(CO)cc1O. The van der Waals surface area contributed by atoms with Gasteiger partial charge in [-0.1, -0.05) is 42.3 Å². The summed E-state index contributed by atoms with van der Waals surface area (Å²) in [6, 6.07) is 17.5. The fraction of sp³-hybridized carbons (Fsp3) is 0.344. The number of ether oxygens (including phenoxy) is 1. The number of phenols is 3. The van der Waals surface area contributed by atoms with Gasteiger partial charge < -0.3 is 30.3 Å². The number of aliphatic hydroxyl groups excluding tert-OH is 2. The van der Waals surface area contributed by atoms with Gasteiger partial charge in [-0.15, -0.1) is 5.92 Å². The lowest BCUT2D eigenvalue weighted by atomic mass is 9.76. The molecule has 4 atom stereocenters. The highest BCUT2D eigenvalue weighted by atomic mass is 16.5. The van der Waals surface area contributed by atoms with Gasteiger partial charge in [0.05, 0.1) is 19.8 Å². The van der Waals surface area contributed by atoms with Crippen LogP contribution >= 0.6 is 0 Å². The Morgan fingerprint density at radius 2 is 1.67 bits per heavy atom. The van der Waals surface area contributed by atoms with Crippen molar-refractivity contribution in [3.05, 3.63) is 82.9 Å². The van der Waals surface area contributed by atoms with E-state index >= 15 is 0 Å². The first-order valence-electron chi connectivity index (χ1n) is 13.0. The van der Waals surface area contributed by atoms with Crippen LogP contribution in [-0.2, 0) is 24.2 Å². The van der Waals surface area contributed by atoms with Crippen molar-refractivity contribution >= 4 is 5.78 Å². The number of Topliss-reactive ketones (excluding diaryl/α,β-unsaturated/α-hetero) is 1. The molecule has 3 aromatic rings. The molecule has 0 radical (unpaired) electrons. The highest BCUT2D eigenvalue weighted by Crippen LogP contribution is 2.40. The third kappa shape index (κ3) is 6.91. The Hall–Kier alpha value is -3.99. The maximum absolute atomic E-state index is 13.4. The van der Waals surface area contributed by atoms with Gasteiger partial charge in [0.15, 0.2) is 23.0 Å². The largest absolute Gasteiger partial charge is 0.504 e. The van der Waals surface area contributed by atoms with Crippen LogP contribution < -0.4 is 4.74 Å². The molecule has 1 aliphatic carbocycles. The van der Waals surface area contributed by atoms with Gasteiger partial charge in [0.25, 0.3) is 0 Å². The number of aromatic hydroxyl groups is 3. The number of ketones is 1. The van der Waals surface area contributed by atoms with E-state index in [1.54, 1.807) is 12.1 Å². The van der Waals surface area contributed by atoms with Crippen molar-refractivity contribution in [1.82, 2.24) is 0 Å². The Labute approximate surface area is 228 Å². The van der Waals surface area contributed by atoms with E-state index in [0.29, 0.717) is 30.4 Å². The molecule has 0 unspecified atom stereocenters. The minimum Gasteiger partial charge on any atom is -0.504 e. The minimum absolute atomic E-state index is 0.0609. The molecule has 0 fully saturated rings. The first-order valence-corrected chi connectivity index (χ1v) is 13.0. The topological polar surface area (TPSA) is 127 Å². The number of benzene rings is 3. The molecule has 0 aliphatic heterocycles. The molecule has 0 bridgehead atoms. The highest BCUT2D eigenvalue weighted by Gasteiger charge is 2.31. The number of carbonyl (C=O) groups is 1. The van der Waals surface area contributed by atoms with Crippen LogP contribution in [0.1, 0.15) is 47.4 Å². The van der Waals surface area contributed by atoms with Crippen LogP contribution in [0.3, 0.4) is 0 Å². The molecular weight excluding hydrogens is 496 g/mol. The summed E-state index contributed by atoms with van der Waals surface area (Å²) in [4.78, 5) is 13.4. The van der Waals surface area contributed by atoms with Gasteiger partial charge in [-0.2, -0.15) is 0 Å². The molecule has 0 amide bonds. The third-order valence-electron chi connectivity index (χ3n) is 7.41. The van der Waals surface area contributed by atoms with Crippen molar-refractivity contribution in [2.45, 2.75) is 50.7 Å². The van der Waals surface area contributed by atoms with E-state index in [1.807, 2.05) is 30.3 Å². The van der Waals surface area contributed by atoms with Crippen molar-refractivity contribution in [3.8, 4) is 34.8 Å². The molecule has 7 nitrogen and oxygen atoms in total. The zero-order valence-corrected chi connectivity index (χ0v) is 21.9. The number of phenolic OH excluding ortho intramolecular Hbond substituents is 3. The average Bonchev–Trinajstić information content (AvgIpc) is 2.92. The normalized spacial score (nSPS) is 21.6. The number of methoxy groups -OCH3 is 1. The van der Waals surface area contributed by atoms with Crippen LogP contribution in [0.15, 0.2) is 60.7 Å². The fourth-order valence-corrected chi connectivity index (χ4v) is 5.30. The van der Waals surface area contributed by atoms with Crippen LogP contribution in [0.5, 0.6) is 23.0 Å². The zero-order valence-electron chi connectivity index (χ0n) is 21.9. The lowest BCUT2D eigenvalue weighted by Crippen LogP contribution is -2.28. The maximum Gasteiger partial charge on any atom is 0.160 e. The highest BCUT2D eigenvalue weighted by molar-refractivity contribution is 5.80. The van der Waals surface area contributed by atoms with Crippen molar-refractivity contribution in [3.63, 3.8) is 0 Å². The van der Waals surface area contributed by atoms with Crippen LogP contribution in [-0.4, -0.2) is 44.5 Å². The standard InChI is InChI=1S/C32H34O7/c1-39-32-18-27(24(19-33)15-31(32)38)26-16-25(34)17-29(36)23(13-21-10-11-28(35)30(37)14-21)9-5-8-22(26)12-20-6-3-2-4-7-20/h2-4,6-7,10-11,14-15,18,22-23,26,29,33,35-38H,9,12-13,16-17,19H2,1H3/t22-,23+,26-,29+/m1/s1. The maximum atomic E-state index is 13.4. The Balaban J connectivity index is 1.74. The summed E-state index contributed by atoms with van der Waals surface area (Å²) in [5.74, 6) is 5.17. The Morgan fingerprint density at radius 1 is 0.897 bits per heavy atom. The van der Waals surface area contributed by atoms with Crippen molar-refractivity contribution in [2.75, 3.05) is 7.11 Å². The van der Waals surface area contributed by atoms with Crippen LogP contribution in [0.25, 0.3) is 0 Å². The van der Waals surface area contributed by atoms with E-state index in [2.05, 4.69) is 11.8 Å². The van der Waals surface area contributed by atoms with Crippen LogP contribution in [0, 0.1) is 23.7 Å². The number of rotatable bonds is 7. The fourth-order valence-electron chi connectivity index (χ4n) is 5.30. The number of aliphatic hydroxyl groups is 2. The van der Waals surface area contributed by atoms with Gasteiger partial charge in [0.1, 0.15) is 5.78 Å². The summed E-state index contributed by atoms with van der Waals surface area (Å²) < 4.78 is 5.33. The van der Waals surface area contributed by atoms with E-state index in [4.69, 9.17) is 4.74 Å². The smallest absolute Gasteiger partial charge is 0.160 e. The monoisotopic (exact) mass is 530 g/mol. The van der Waals surface area contributed by atoms with Gasteiger partial charge in [0.2, 0.25) is 0 Å². The van der Waals surface area contributed by atoms with Gasteiger partial charge in [0, 0.05) is 37.0 Å². The quantitative estimate of drug-likeness (QED) is 0.229. The lowest BCUT2D eigenvalue weighted by Gasteiger charge is -2.28. The van der Waals surface area contributed by atoms with E-state index in [0.717, 1.165) is 11.1 Å². The van der Waals surface area contributed by atoms with Crippen molar-refractivity contribution < 1.29 is 35.1 Å². The summed E-state index contributed by atoms with van der Waals surface area (Å²) >= 11 is 0. The predicted molar refractivity (Wildman–Crippen MR) is 147 cm³/mol. The van der Waals surface area contributed by atoms with Crippen LogP contribution in [0.2, 0.25) is 0 Å². The van der Waals surface area contributed by atoms with Crippen molar-refractivity contribution in [1.29, 1.82) is 0 Å². The molecule has 0 aromatic heterocycles. The van der Waals surface area contributed by atoms with E-state index in [9.17, 15) is 30.3 Å². The third-order valence-corrected chi connectivity index (χ3v) is 7.41. The van der Waals surface area contributed by atoms with E-state index in [-0.39, 0.29) is 60.1 Å². The van der Waals surface area contributed by atoms with E-state index in [1.165, 1.54) is 25.3 Å². The Bertz CT molecular complexity index is 1360. The molecule has 39 heavy (non-hydrogen) atoms. The predicted octanol–water partition coefficient (Wildman–Crippen LogP) is 4.22. The van der Waals surface area contributed by atoms with Gasteiger partial charge in [-0.3, -0.25) is 4.79 Å². The van der Waals surface area contributed by atoms with Crippen LogP contribution in [0.4, 0.5) is 0 Å². The van der Waals surface area contributed by atoms with Gasteiger partial charge in [-0.25, -0.2) is 0 Å². The number of carbonyl (C=O) groups excluding carboxylic acids is 1.